The number of nitrogens with zero attached hydrogens (tertiary/aromatic N) is 5. The lowest BCUT2D eigenvalue weighted by molar-refractivity contribution is -0.137. The summed E-state index contributed by atoms with van der Waals surface area (Å²) in [7, 11) is 0. The molecule has 3 rings (SSSR count). The molecule has 1 aliphatic rings. The molecule has 1 unspecified atom stereocenters. The quantitative estimate of drug-likeness (QED) is 0.877. The first-order chi connectivity index (χ1) is 11.9. The van der Waals surface area contributed by atoms with Gasteiger partial charge in [0.25, 0.3) is 0 Å². The molecule has 0 aromatic carbocycles. The fraction of sp³-hybridized carbons (Fsp3) is 0.467. The van der Waals surface area contributed by atoms with Crippen molar-refractivity contribution in [3.05, 3.63) is 36.5 Å². The predicted molar refractivity (Wildman–Crippen MR) is 82.6 cm³/mol. The molecule has 0 aliphatic carbocycles. The Labute approximate surface area is 141 Å². The van der Waals surface area contributed by atoms with Crippen LogP contribution < -0.4 is 10.2 Å². The first kappa shape index (κ1) is 17.2. The molecule has 2 aromatic heterocycles. The lowest BCUT2D eigenvalue weighted by Gasteiger charge is -2.18. The van der Waals surface area contributed by atoms with Gasteiger partial charge in [-0.15, -0.1) is 0 Å². The normalized spacial score (nSPS) is 17.7. The molecule has 1 saturated heterocycles. The maximum absolute atomic E-state index is 12.6. The van der Waals surface area contributed by atoms with Crippen LogP contribution in [0.25, 0.3) is 0 Å². The summed E-state index contributed by atoms with van der Waals surface area (Å²) in [5.74, 6) is 0.167. The summed E-state index contributed by atoms with van der Waals surface area (Å²) in [5.41, 5.74) is -0.780. The van der Waals surface area contributed by atoms with Crippen LogP contribution in [-0.4, -0.2) is 45.3 Å². The van der Waals surface area contributed by atoms with Crippen LogP contribution in [0.1, 0.15) is 12.0 Å². The number of rotatable bonds is 5. The van der Waals surface area contributed by atoms with Crippen molar-refractivity contribution in [2.75, 3.05) is 24.5 Å². The number of anilines is 1. The van der Waals surface area contributed by atoms with Crippen LogP contribution in [0.5, 0.6) is 0 Å². The smallest absolute Gasteiger partial charge is 0.356 e. The third-order valence-electron chi connectivity index (χ3n) is 4.06. The zero-order valence-electron chi connectivity index (χ0n) is 13.3. The van der Waals surface area contributed by atoms with Gasteiger partial charge < -0.3 is 10.2 Å². The minimum atomic E-state index is -4.40. The molecule has 25 heavy (non-hydrogen) atoms. The van der Waals surface area contributed by atoms with Crippen LogP contribution in [0.2, 0.25) is 0 Å². The Balaban J connectivity index is 1.50. The van der Waals surface area contributed by atoms with Gasteiger partial charge in [0.05, 0.1) is 18.0 Å². The number of hydrogen-bond acceptors (Lipinski definition) is 5. The number of pyridine rings is 1. The van der Waals surface area contributed by atoms with Crippen molar-refractivity contribution >= 4 is 11.7 Å². The second-order valence-electron chi connectivity index (χ2n) is 5.78. The number of carbonyl (C=O) groups is 1. The van der Waals surface area contributed by atoms with E-state index in [-0.39, 0.29) is 11.8 Å². The summed E-state index contributed by atoms with van der Waals surface area (Å²) < 4.78 is 39.3. The van der Waals surface area contributed by atoms with Crippen molar-refractivity contribution in [1.82, 2.24) is 25.1 Å². The largest absolute Gasteiger partial charge is 0.417 e. The highest BCUT2D eigenvalue weighted by Gasteiger charge is 2.32. The lowest BCUT2D eigenvalue weighted by Crippen LogP contribution is -2.34. The number of nitrogens with one attached hydrogen (secondary N) is 1. The monoisotopic (exact) mass is 354 g/mol. The van der Waals surface area contributed by atoms with Crippen molar-refractivity contribution in [2.24, 2.45) is 5.92 Å². The van der Waals surface area contributed by atoms with Gasteiger partial charge in [-0.25, -0.2) is 9.97 Å². The van der Waals surface area contributed by atoms with Gasteiger partial charge in [-0.1, -0.05) is 0 Å². The van der Waals surface area contributed by atoms with Gasteiger partial charge in [-0.3, -0.25) is 9.48 Å². The van der Waals surface area contributed by atoms with Gasteiger partial charge in [0.2, 0.25) is 5.91 Å². The molecule has 0 spiro atoms. The van der Waals surface area contributed by atoms with Gasteiger partial charge in [-0.05, 0) is 18.6 Å². The molecule has 10 heteroatoms. The van der Waals surface area contributed by atoms with Gasteiger partial charge in [0.1, 0.15) is 18.5 Å². The van der Waals surface area contributed by atoms with Crippen molar-refractivity contribution in [2.45, 2.75) is 19.1 Å². The SMILES string of the molecule is O=C(NCCn1cncn1)C1CCN(c2ccc(C(F)(F)F)cn2)C1. The molecule has 0 saturated carbocycles. The summed E-state index contributed by atoms with van der Waals surface area (Å²) in [4.78, 5) is 21.7. The summed E-state index contributed by atoms with van der Waals surface area (Å²) in [5, 5.41) is 6.78. The number of aromatic nitrogens is 4. The van der Waals surface area contributed by atoms with E-state index >= 15 is 0 Å². The van der Waals surface area contributed by atoms with Crippen molar-refractivity contribution < 1.29 is 18.0 Å². The van der Waals surface area contributed by atoms with E-state index in [4.69, 9.17) is 0 Å². The number of halogens is 3. The number of carbonyl (C=O) groups excluding carboxylic acids is 1. The molecule has 3 heterocycles. The Hall–Kier alpha value is -2.65. The minimum Gasteiger partial charge on any atom is -0.356 e. The average Bonchev–Trinajstić information content (AvgIpc) is 3.26. The van der Waals surface area contributed by atoms with Crippen LogP contribution in [0.15, 0.2) is 31.0 Å². The number of alkyl halides is 3. The zero-order valence-corrected chi connectivity index (χ0v) is 13.3. The standard InChI is InChI=1S/C15H17F3N6O/c16-15(17,18)12-1-2-13(21-7-12)23-5-3-11(8-23)14(25)20-4-6-24-10-19-9-22-24/h1-2,7,9-11H,3-6,8H2,(H,20,25). The van der Waals surface area contributed by atoms with Gasteiger partial charge >= 0.3 is 6.18 Å². The van der Waals surface area contributed by atoms with E-state index in [2.05, 4.69) is 20.4 Å². The van der Waals surface area contributed by atoms with E-state index in [9.17, 15) is 18.0 Å². The van der Waals surface area contributed by atoms with E-state index in [1.54, 1.807) is 11.0 Å². The Bertz CT molecular complexity index is 701. The average molecular weight is 354 g/mol. The molecule has 2 aromatic rings. The Morgan fingerprint density at radius 1 is 1.36 bits per heavy atom. The van der Waals surface area contributed by atoms with E-state index in [0.29, 0.717) is 38.4 Å². The first-order valence-electron chi connectivity index (χ1n) is 7.82. The third-order valence-corrected chi connectivity index (χ3v) is 4.06. The highest BCUT2D eigenvalue weighted by molar-refractivity contribution is 5.80. The predicted octanol–water partition coefficient (Wildman–Crippen LogP) is 1.33. The van der Waals surface area contributed by atoms with Crippen LogP contribution >= 0.6 is 0 Å². The molecular weight excluding hydrogens is 337 g/mol. The van der Waals surface area contributed by atoms with Crippen molar-refractivity contribution in [1.29, 1.82) is 0 Å². The van der Waals surface area contributed by atoms with Gasteiger partial charge in [-0.2, -0.15) is 18.3 Å². The van der Waals surface area contributed by atoms with Gasteiger partial charge in [0, 0.05) is 25.8 Å². The van der Waals surface area contributed by atoms with E-state index in [1.165, 1.54) is 12.4 Å². The summed E-state index contributed by atoms with van der Waals surface area (Å²) in [6.45, 7) is 1.99. The number of amides is 1. The number of hydrogen-bond donors (Lipinski definition) is 1. The summed E-state index contributed by atoms with van der Waals surface area (Å²) >= 11 is 0. The molecule has 1 N–H and O–H groups in total. The molecule has 0 bridgehead atoms. The molecule has 1 fully saturated rings. The van der Waals surface area contributed by atoms with Gasteiger partial charge in [0.15, 0.2) is 0 Å². The summed E-state index contributed by atoms with van der Waals surface area (Å²) in [6.07, 6.45) is 0.0508. The van der Waals surface area contributed by atoms with Crippen molar-refractivity contribution in [3.8, 4) is 0 Å². The molecule has 1 atom stereocenters. The Morgan fingerprint density at radius 3 is 2.84 bits per heavy atom. The molecule has 1 amide bonds. The fourth-order valence-corrected chi connectivity index (χ4v) is 2.71. The van der Waals surface area contributed by atoms with Crippen LogP contribution in [-0.2, 0) is 17.5 Å². The van der Waals surface area contributed by atoms with E-state index in [0.717, 1.165) is 12.3 Å². The molecule has 7 nitrogen and oxygen atoms in total. The molecule has 134 valence electrons. The lowest BCUT2D eigenvalue weighted by atomic mass is 10.1. The van der Waals surface area contributed by atoms with Crippen LogP contribution in [0, 0.1) is 5.92 Å². The topological polar surface area (TPSA) is 75.9 Å². The second-order valence-corrected chi connectivity index (χ2v) is 5.78. The maximum Gasteiger partial charge on any atom is 0.417 e. The molecule has 1 aliphatic heterocycles. The summed E-state index contributed by atoms with van der Waals surface area (Å²) in [6, 6.07) is 2.35. The van der Waals surface area contributed by atoms with Crippen molar-refractivity contribution in [3.63, 3.8) is 0 Å². The third kappa shape index (κ3) is 4.25. The van der Waals surface area contributed by atoms with Crippen LogP contribution in [0.4, 0.5) is 19.0 Å². The van der Waals surface area contributed by atoms with Crippen LogP contribution in [0.3, 0.4) is 0 Å². The molecular formula is C15H17F3N6O. The fourth-order valence-electron chi connectivity index (χ4n) is 2.71. The first-order valence-corrected chi connectivity index (χ1v) is 7.82. The van der Waals surface area contributed by atoms with E-state index < -0.39 is 11.7 Å². The Kier molecular flexibility index (Phi) is 4.86. The highest BCUT2D eigenvalue weighted by atomic mass is 19.4. The highest BCUT2D eigenvalue weighted by Crippen LogP contribution is 2.30. The maximum atomic E-state index is 12.6. The Morgan fingerprint density at radius 2 is 2.20 bits per heavy atom. The van der Waals surface area contributed by atoms with E-state index in [1.807, 2.05) is 4.90 Å². The zero-order chi connectivity index (χ0) is 17.9. The minimum absolute atomic E-state index is 0.0745. The second kappa shape index (κ2) is 7.08. The molecule has 0 radical (unpaired) electrons.